The average Bonchev–Trinajstić information content (AvgIpc) is 2.45. The number of carbonyl (C=O) groups is 2. The minimum absolute atomic E-state index is 0.0469. The molecule has 0 aromatic rings. The van der Waals surface area contributed by atoms with Crippen molar-refractivity contribution in [3.8, 4) is 0 Å². The van der Waals surface area contributed by atoms with Crippen LogP contribution in [0.4, 0.5) is 0 Å². The summed E-state index contributed by atoms with van der Waals surface area (Å²) in [4.78, 5) is 26.0. The molecule has 0 aromatic carbocycles. The Morgan fingerprint density at radius 2 is 1.60 bits per heavy atom. The number of carbonyl (C=O) groups excluding carboxylic acids is 2. The minimum Gasteiger partial charge on any atom is -0.347 e. The van der Waals surface area contributed by atoms with Gasteiger partial charge in [0.2, 0.25) is 11.8 Å². The highest BCUT2D eigenvalue weighted by Crippen LogP contribution is 2.22. The molecule has 20 heavy (non-hydrogen) atoms. The molecular weight excluding hydrogens is 254 g/mol. The second kappa shape index (κ2) is 8.25. The Hall–Kier alpha value is -1.10. The Morgan fingerprint density at radius 3 is 2.25 bits per heavy atom. The lowest BCUT2D eigenvalue weighted by Gasteiger charge is -2.28. The molecule has 1 saturated carbocycles. The molecule has 0 bridgehead atoms. The van der Waals surface area contributed by atoms with Crippen molar-refractivity contribution < 1.29 is 9.59 Å². The van der Waals surface area contributed by atoms with E-state index in [0.717, 1.165) is 51.9 Å². The van der Waals surface area contributed by atoms with Crippen LogP contribution in [0.1, 0.15) is 44.9 Å². The van der Waals surface area contributed by atoms with E-state index in [1.807, 2.05) is 4.90 Å². The molecule has 0 spiro atoms. The molecule has 5 nitrogen and oxygen atoms in total. The molecule has 0 atom stereocenters. The van der Waals surface area contributed by atoms with Gasteiger partial charge in [-0.1, -0.05) is 32.1 Å². The molecule has 1 saturated heterocycles. The zero-order valence-corrected chi connectivity index (χ0v) is 12.3. The number of rotatable bonds is 3. The van der Waals surface area contributed by atoms with Crippen molar-refractivity contribution in [2.45, 2.75) is 44.9 Å². The van der Waals surface area contributed by atoms with E-state index in [-0.39, 0.29) is 24.3 Å². The largest absolute Gasteiger partial charge is 0.347 e. The topological polar surface area (TPSA) is 61.4 Å². The fourth-order valence-corrected chi connectivity index (χ4v) is 3.05. The highest BCUT2D eigenvalue weighted by molar-refractivity contribution is 5.85. The van der Waals surface area contributed by atoms with E-state index in [4.69, 9.17) is 0 Å². The van der Waals surface area contributed by atoms with Crippen LogP contribution in [0.2, 0.25) is 0 Å². The SMILES string of the molecule is O=C(NCC(=O)N1CCNCC1)C1CCCCCCC1. The summed E-state index contributed by atoms with van der Waals surface area (Å²) < 4.78 is 0. The summed E-state index contributed by atoms with van der Waals surface area (Å²) in [5.74, 6) is 0.243. The van der Waals surface area contributed by atoms with Crippen LogP contribution in [0.5, 0.6) is 0 Å². The number of nitrogens with zero attached hydrogens (tertiary/aromatic N) is 1. The molecule has 1 aliphatic heterocycles. The fourth-order valence-electron chi connectivity index (χ4n) is 3.05. The highest BCUT2D eigenvalue weighted by Gasteiger charge is 2.21. The summed E-state index contributed by atoms with van der Waals surface area (Å²) >= 11 is 0. The van der Waals surface area contributed by atoms with Crippen molar-refractivity contribution in [1.29, 1.82) is 0 Å². The smallest absolute Gasteiger partial charge is 0.242 e. The van der Waals surface area contributed by atoms with Gasteiger partial charge in [0, 0.05) is 32.1 Å². The van der Waals surface area contributed by atoms with E-state index in [1.165, 1.54) is 19.3 Å². The van der Waals surface area contributed by atoms with Gasteiger partial charge < -0.3 is 15.5 Å². The predicted octanol–water partition coefficient (Wildman–Crippen LogP) is 0.895. The Kier molecular flexibility index (Phi) is 6.30. The van der Waals surface area contributed by atoms with Crippen LogP contribution >= 0.6 is 0 Å². The lowest BCUT2D eigenvalue weighted by molar-refractivity contribution is -0.134. The van der Waals surface area contributed by atoms with E-state index < -0.39 is 0 Å². The third-order valence-corrected chi connectivity index (χ3v) is 4.36. The minimum atomic E-state index is 0.0469. The van der Waals surface area contributed by atoms with Crippen molar-refractivity contribution >= 4 is 11.8 Å². The summed E-state index contributed by atoms with van der Waals surface area (Å²) in [7, 11) is 0. The number of hydrogen-bond acceptors (Lipinski definition) is 3. The molecule has 5 heteroatoms. The first kappa shape index (κ1) is 15.3. The summed E-state index contributed by atoms with van der Waals surface area (Å²) in [6, 6.07) is 0. The first-order chi connectivity index (χ1) is 9.77. The molecule has 2 rings (SSSR count). The van der Waals surface area contributed by atoms with Gasteiger partial charge in [0.15, 0.2) is 0 Å². The van der Waals surface area contributed by atoms with Gasteiger partial charge in [0.05, 0.1) is 6.54 Å². The normalized spacial score (nSPS) is 21.9. The zero-order chi connectivity index (χ0) is 14.2. The molecule has 2 fully saturated rings. The van der Waals surface area contributed by atoms with Crippen molar-refractivity contribution in [1.82, 2.24) is 15.5 Å². The number of piperazine rings is 1. The van der Waals surface area contributed by atoms with Crippen molar-refractivity contribution in [3.63, 3.8) is 0 Å². The third kappa shape index (κ3) is 4.78. The molecule has 114 valence electrons. The van der Waals surface area contributed by atoms with Gasteiger partial charge >= 0.3 is 0 Å². The first-order valence-corrected chi connectivity index (χ1v) is 8.03. The van der Waals surface area contributed by atoms with E-state index in [2.05, 4.69) is 10.6 Å². The predicted molar refractivity (Wildman–Crippen MR) is 78.3 cm³/mol. The zero-order valence-electron chi connectivity index (χ0n) is 12.3. The van der Waals surface area contributed by atoms with E-state index in [1.54, 1.807) is 0 Å². The molecule has 2 amide bonds. The maximum Gasteiger partial charge on any atom is 0.242 e. The molecule has 2 aliphatic rings. The molecule has 1 heterocycles. The average molecular weight is 281 g/mol. The summed E-state index contributed by atoms with van der Waals surface area (Å²) in [6.07, 6.45) is 8.03. The monoisotopic (exact) mass is 281 g/mol. The lowest BCUT2D eigenvalue weighted by atomic mass is 9.90. The summed E-state index contributed by atoms with van der Waals surface area (Å²) in [6.45, 7) is 3.36. The van der Waals surface area contributed by atoms with Crippen LogP contribution in [-0.2, 0) is 9.59 Å². The van der Waals surface area contributed by atoms with Gasteiger partial charge in [-0.15, -0.1) is 0 Å². The molecular formula is C15H27N3O2. The number of nitrogens with one attached hydrogen (secondary N) is 2. The van der Waals surface area contributed by atoms with Crippen molar-refractivity contribution in [2.75, 3.05) is 32.7 Å². The van der Waals surface area contributed by atoms with E-state index in [9.17, 15) is 9.59 Å². The molecule has 0 unspecified atom stereocenters. The standard InChI is InChI=1S/C15H27N3O2/c19-14(18-10-8-16-9-11-18)12-17-15(20)13-6-4-2-1-3-5-7-13/h13,16H,1-12H2,(H,17,20). The highest BCUT2D eigenvalue weighted by atomic mass is 16.2. The van der Waals surface area contributed by atoms with Gasteiger partial charge in [0.1, 0.15) is 0 Å². The third-order valence-electron chi connectivity index (χ3n) is 4.36. The first-order valence-electron chi connectivity index (χ1n) is 8.03. The second-order valence-electron chi connectivity index (χ2n) is 5.89. The summed E-state index contributed by atoms with van der Waals surface area (Å²) in [5.41, 5.74) is 0. The molecule has 2 N–H and O–H groups in total. The van der Waals surface area contributed by atoms with Crippen LogP contribution < -0.4 is 10.6 Å². The number of hydrogen-bond donors (Lipinski definition) is 2. The molecule has 0 aromatic heterocycles. The molecule has 1 aliphatic carbocycles. The van der Waals surface area contributed by atoms with E-state index in [0.29, 0.717) is 0 Å². The van der Waals surface area contributed by atoms with Gasteiger partial charge in [-0.25, -0.2) is 0 Å². The number of amides is 2. The van der Waals surface area contributed by atoms with Crippen molar-refractivity contribution in [3.05, 3.63) is 0 Å². The lowest BCUT2D eigenvalue weighted by Crippen LogP contribution is -2.50. The molecule has 0 radical (unpaired) electrons. The Labute approximate surface area is 121 Å². The Balaban J connectivity index is 1.71. The van der Waals surface area contributed by atoms with Crippen molar-refractivity contribution in [2.24, 2.45) is 5.92 Å². The second-order valence-corrected chi connectivity index (χ2v) is 5.89. The van der Waals surface area contributed by atoms with Gasteiger partial charge in [0.25, 0.3) is 0 Å². The van der Waals surface area contributed by atoms with Crippen LogP contribution in [0.15, 0.2) is 0 Å². The van der Waals surface area contributed by atoms with Crippen LogP contribution in [-0.4, -0.2) is 49.4 Å². The maximum atomic E-state index is 12.2. The Morgan fingerprint density at radius 1 is 1.00 bits per heavy atom. The fraction of sp³-hybridized carbons (Fsp3) is 0.867. The van der Waals surface area contributed by atoms with Crippen LogP contribution in [0, 0.1) is 5.92 Å². The van der Waals surface area contributed by atoms with Crippen LogP contribution in [0.25, 0.3) is 0 Å². The summed E-state index contributed by atoms with van der Waals surface area (Å²) in [5, 5.41) is 6.06. The Bertz CT molecular complexity index is 319. The quantitative estimate of drug-likeness (QED) is 0.808. The maximum absolute atomic E-state index is 12.2. The van der Waals surface area contributed by atoms with Gasteiger partial charge in [-0.2, -0.15) is 0 Å². The van der Waals surface area contributed by atoms with Gasteiger partial charge in [-0.3, -0.25) is 9.59 Å². The van der Waals surface area contributed by atoms with E-state index >= 15 is 0 Å². The van der Waals surface area contributed by atoms with Gasteiger partial charge in [-0.05, 0) is 12.8 Å². The van der Waals surface area contributed by atoms with Crippen LogP contribution in [0.3, 0.4) is 0 Å².